The first-order chi connectivity index (χ1) is 16.2. The number of aromatic nitrogens is 2. The number of methoxy groups -OCH3 is 1. The molecule has 5 nitrogen and oxygen atoms in total. The number of thioether (sulfide) groups is 1. The van der Waals surface area contributed by atoms with Crippen LogP contribution in [0.5, 0.6) is 0 Å². The number of nitrogens with zero attached hydrogens (tertiary/aromatic N) is 2. The van der Waals surface area contributed by atoms with Gasteiger partial charge in [-0.1, -0.05) is 75.4 Å². The summed E-state index contributed by atoms with van der Waals surface area (Å²) in [6, 6.07) is 10.2. The van der Waals surface area contributed by atoms with Gasteiger partial charge >= 0.3 is 0 Å². The summed E-state index contributed by atoms with van der Waals surface area (Å²) in [6.07, 6.45) is 11.5. The fraction of sp³-hybridized carbons (Fsp3) is 0.231. The molecule has 0 spiro atoms. The summed E-state index contributed by atoms with van der Waals surface area (Å²) in [5, 5.41) is 3.36. The van der Waals surface area contributed by atoms with Crippen LogP contribution in [0.2, 0.25) is 0 Å². The number of allylic oxidation sites excluding steroid dienone is 5. The third-order valence-corrected chi connectivity index (χ3v) is 6.18. The Morgan fingerprint density at radius 3 is 2.85 bits per heavy atom. The molecule has 174 valence electrons. The minimum atomic E-state index is 0.523. The topological polar surface area (TPSA) is 59.1 Å². The highest BCUT2D eigenvalue weighted by Gasteiger charge is 2.09. The van der Waals surface area contributed by atoms with Gasteiger partial charge in [-0.25, -0.2) is 9.97 Å². The average molecular weight is 481 g/mol. The van der Waals surface area contributed by atoms with Crippen LogP contribution >= 0.6 is 23.7 Å². The Bertz CT molecular complexity index is 1010. The SMILES string of the molecule is C=C/C=C(\C(=C)OC)c1cc(Nc2cccc(CSNCC3=CC=CCS3)c2)ncn1.CC. The van der Waals surface area contributed by atoms with Crippen LogP contribution in [0.3, 0.4) is 0 Å². The Kier molecular flexibility index (Phi) is 12.2. The van der Waals surface area contributed by atoms with Crippen molar-refractivity contribution in [1.29, 1.82) is 0 Å². The second-order valence-corrected chi connectivity index (χ2v) is 8.55. The molecule has 0 amide bonds. The first-order valence-corrected chi connectivity index (χ1v) is 12.7. The lowest BCUT2D eigenvalue weighted by atomic mass is 10.1. The van der Waals surface area contributed by atoms with Gasteiger partial charge < -0.3 is 10.1 Å². The highest BCUT2D eigenvalue weighted by atomic mass is 32.2. The molecule has 2 N–H and O–H groups in total. The van der Waals surface area contributed by atoms with E-state index in [1.807, 2.05) is 49.9 Å². The normalized spacial score (nSPS) is 12.8. The van der Waals surface area contributed by atoms with Gasteiger partial charge in [0.25, 0.3) is 0 Å². The number of anilines is 2. The Morgan fingerprint density at radius 2 is 2.12 bits per heavy atom. The second-order valence-electron chi connectivity index (χ2n) is 6.54. The highest BCUT2D eigenvalue weighted by molar-refractivity contribution is 8.03. The number of hydrogen-bond acceptors (Lipinski definition) is 7. The molecule has 3 rings (SSSR count). The fourth-order valence-corrected chi connectivity index (χ4v) is 4.38. The molecule has 0 saturated heterocycles. The Balaban J connectivity index is 0.00000187. The van der Waals surface area contributed by atoms with Crippen LogP contribution in [0, 0.1) is 0 Å². The van der Waals surface area contributed by atoms with E-state index < -0.39 is 0 Å². The van der Waals surface area contributed by atoms with Crippen molar-refractivity contribution < 1.29 is 4.74 Å². The molecule has 0 saturated carbocycles. The molecule has 1 aromatic heterocycles. The van der Waals surface area contributed by atoms with E-state index in [1.165, 1.54) is 16.8 Å². The molecule has 0 unspecified atom stereocenters. The standard InChI is InChI=1S/C24H26N4OS2.C2H6/c1-4-8-22(18(2)29-3)23-14-24(26-17-25-23)28-20-10-7-9-19(13-20)16-31-27-15-21-11-5-6-12-30-21;1-2/h4-11,13-14,17,27H,1-2,12,15-16H2,3H3,(H,25,26,28);1-2H3/b22-8+;. The van der Waals surface area contributed by atoms with Gasteiger partial charge in [-0.3, -0.25) is 4.72 Å². The zero-order valence-corrected chi connectivity index (χ0v) is 21.1. The smallest absolute Gasteiger partial charge is 0.134 e. The van der Waals surface area contributed by atoms with Crippen LogP contribution in [0.1, 0.15) is 25.1 Å². The lowest BCUT2D eigenvalue weighted by Gasteiger charge is -2.12. The van der Waals surface area contributed by atoms with E-state index in [2.05, 4.69) is 63.5 Å². The maximum absolute atomic E-state index is 5.27. The van der Waals surface area contributed by atoms with Gasteiger partial charge in [0.1, 0.15) is 17.9 Å². The zero-order valence-electron chi connectivity index (χ0n) is 19.5. The van der Waals surface area contributed by atoms with E-state index >= 15 is 0 Å². The monoisotopic (exact) mass is 480 g/mol. The lowest BCUT2D eigenvalue weighted by Crippen LogP contribution is -2.08. The van der Waals surface area contributed by atoms with Crippen LogP contribution in [0.4, 0.5) is 11.5 Å². The van der Waals surface area contributed by atoms with Crippen molar-refractivity contribution in [3.05, 3.63) is 102 Å². The maximum atomic E-state index is 5.27. The van der Waals surface area contributed by atoms with Gasteiger partial charge in [0, 0.05) is 35.4 Å². The summed E-state index contributed by atoms with van der Waals surface area (Å²) in [6.45, 7) is 12.6. The van der Waals surface area contributed by atoms with Crippen LogP contribution in [-0.2, 0) is 10.5 Å². The molecule has 2 heterocycles. The van der Waals surface area contributed by atoms with Crippen LogP contribution in [0.15, 0.2) is 90.9 Å². The number of rotatable bonds is 11. The number of hydrogen-bond donors (Lipinski definition) is 2. The van der Waals surface area contributed by atoms with Gasteiger partial charge in [0.15, 0.2) is 0 Å². The average Bonchev–Trinajstić information content (AvgIpc) is 2.87. The summed E-state index contributed by atoms with van der Waals surface area (Å²) in [5.41, 5.74) is 3.67. The summed E-state index contributed by atoms with van der Waals surface area (Å²) < 4.78 is 8.71. The van der Waals surface area contributed by atoms with Crippen molar-refractivity contribution in [2.75, 3.05) is 24.7 Å². The molecule has 1 aromatic carbocycles. The van der Waals surface area contributed by atoms with Crippen LogP contribution in [0.25, 0.3) is 5.57 Å². The van der Waals surface area contributed by atoms with Gasteiger partial charge in [-0.15, -0.1) is 11.8 Å². The van der Waals surface area contributed by atoms with Crippen LogP contribution < -0.4 is 10.0 Å². The number of benzene rings is 1. The molecule has 33 heavy (non-hydrogen) atoms. The molecular formula is C26H32N4OS2. The first-order valence-electron chi connectivity index (χ1n) is 10.8. The third kappa shape index (κ3) is 8.96. The predicted octanol–water partition coefficient (Wildman–Crippen LogP) is 6.90. The molecule has 0 bridgehead atoms. The predicted molar refractivity (Wildman–Crippen MR) is 146 cm³/mol. The summed E-state index contributed by atoms with van der Waals surface area (Å²) >= 11 is 3.59. The van der Waals surface area contributed by atoms with Crippen molar-refractivity contribution in [2.45, 2.75) is 19.6 Å². The van der Waals surface area contributed by atoms with E-state index in [-0.39, 0.29) is 0 Å². The molecule has 0 radical (unpaired) electrons. The molecule has 0 fully saturated rings. The van der Waals surface area contributed by atoms with Crippen molar-refractivity contribution in [2.24, 2.45) is 0 Å². The van der Waals surface area contributed by atoms with Crippen molar-refractivity contribution in [1.82, 2.24) is 14.7 Å². The zero-order chi connectivity index (χ0) is 23.9. The van der Waals surface area contributed by atoms with Crippen molar-refractivity contribution in [3.63, 3.8) is 0 Å². The molecule has 1 aliphatic rings. The summed E-state index contributed by atoms with van der Waals surface area (Å²) in [5.74, 6) is 3.15. The number of nitrogens with one attached hydrogen (secondary N) is 2. The van der Waals surface area contributed by atoms with E-state index in [1.54, 1.807) is 25.1 Å². The van der Waals surface area contributed by atoms with Gasteiger partial charge in [0.2, 0.25) is 0 Å². The third-order valence-electron chi connectivity index (χ3n) is 4.34. The highest BCUT2D eigenvalue weighted by Crippen LogP contribution is 2.24. The Hall–Kier alpha value is -2.74. The van der Waals surface area contributed by atoms with Crippen LogP contribution in [-0.4, -0.2) is 29.4 Å². The summed E-state index contributed by atoms with van der Waals surface area (Å²) in [7, 11) is 1.58. The second kappa shape index (κ2) is 15.2. The molecule has 0 aliphatic carbocycles. The van der Waals surface area contributed by atoms with Gasteiger partial charge in [-0.2, -0.15) is 0 Å². The largest absolute Gasteiger partial charge is 0.497 e. The van der Waals surface area contributed by atoms with Crippen molar-refractivity contribution in [3.8, 4) is 0 Å². The minimum Gasteiger partial charge on any atom is -0.497 e. The molecule has 0 atom stereocenters. The lowest BCUT2D eigenvalue weighted by molar-refractivity contribution is 0.312. The fourth-order valence-electron chi connectivity index (χ4n) is 2.81. The summed E-state index contributed by atoms with van der Waals surface area (Å²) in [4.78, 5) is 10.1. The maximum Gasteiger partial charge on any atom is 0.134 e. The van der Waals surface area contributed by atoms with Gasteiger partial charge in [0.05, 0.1) is 12.8 Å². The van der Waals surface area contributed by atoms with Gasteiger partial charge in [-0.05, 0) is 28.7 Å². The molecular weight excluding hydrogens is 448 g/mol. The van der Waals surface area contributed by atoms with E-state index in [4.69, 9.17) is 4.74 Å². The quantitative estimate of drug-likeness (QED) is 0.157. The molecule has 7 heteroatoms. The number of ether oxygens (including phenoxy) is 1. The molecule has 2 aromatic rings. The van der Waals surface area contributed by atoms with Crippen molar-refractivity contribution >= 4 is 40.8 Å². The first kappa shape index (κ1) is 26.5. The minimum absolute atomic E-state index is 0.523. The van der Waals surface area contributed by atoms with E-state index in [0.717, 1.165) is 29.3 Å². The Morgan fingerprint density at radius 1 is 1.27 bits per heavy atom. The van der Waals surface area contributed by atoms with E-state index in [9.17, 15) is 0 Å². The Labute approximate surface area is 206 Å². The van der Waals surface area contributed by atoms with E-state index in [0.29, 0.717) is 17.3 Å². The molecule has 1 aliphatic heterocycles.